The maximum atomic E-state index is 12.9. The van der Waals surface area contributed by atoms with E-state index in [2.05, 4.69) is 5.32 Å². The summed E-state index contributed by atoms with van der Waals surface area (Å²) in [7, 11) is 0. The molecule has 2 amide bonds. The SMILES string of the molecule is O=C(Nc1ccccc1C(=O)N1CCCC1)c1cccc(OCc2ccccc2Cl)c1. The largest absolute Gasteiger partial charge is 0.489 e. The van der Waals surface area contributed by atoms with Crippen LogP contribution in [0, 0.1) is 0 Å². The Morgan fingerprint density at radius 2 is 1.68 bits per heavy atom. The van der Waals surface area contributed by atoms with Gasteiger partial charge in [-0.2, -0.15) is 0 Å². The summed E-state index contributed by atoms with van der Waals surface area (Å²) >= 11 is 6.17. The van der Waals surface area contributed by atoms with Gasteiger partial charge in [0, 0.05) is 29.2 Å². The van der Waals surface area contributed by atoms with Crippen LogP contribution in [0.15, 0.2) is 72.8 Å². The standard InChI is InChI=1S/C25H23ClN2O3/c26-22-12-3-1-8-19(22)17-31-20-10-7-9-18(16-20)24(29)27-23-13-4-2-11-21(23)25(30)28-14-5-6-15-28/h1-4,7-13,16H,5-6,14-15,17H2,(H,27,29). The van der Waals surface area contributed by atoms with Gasteiger partial charge in [-0.05, 0) is 49.2 Å². The van der Waals surface area contributed by atoms with E-state index < -0.39 is 0 Å². The Morgan fingerprint density at radius 1 is 0.935 bits per heavy atom. The summed E-state index contributed by atoms with van der Waals surface area (Å²) in [4.78, 5) is 27.5. The molecular formula is C25H23ClN2O3. The molecule has 158 valence electrons. The minimum Gasteiger partial charge on any atom is -0.489 e. The molecule has 0 unspecified atom stereocenters. The second-order valence-electron chi connectivity index (χ2n) is 7.41. The number of carbonyl (C=O) groups is 2. The van der Waals surface area contributed by atoms with Crippen molar-refractivity contribution >= 4 is 29.1 Å². The highest BCUT2D eigenvalue weighted by Crippen LogP contribution is 2.23. The monoisotopic (exact) mass is 434 g/mol. The van der Waals surface area contributed by atoms with Crippen LogP contribution in [0.25, 0.3) is 0 Å². The molecule has 0 atom stereocenters. The quantitative estimate of drug-likeness (QED) is 0.564. The van der Waals surface area contributed by atoms with Crippen molar-refractivity contribution in [2.45, 2.75) is 19.4 Å². The van der Waals surface area contributed by atoms with E-state index in [1.54, 1.807) is 42.5 Å². The van der Waals surface area contributed by atoms with Crippen LogP contribution in [-0.4, -0.2) is 29.8 Å². The molecule has 0 saturated carbocycles. The maximum absolute atomic E-state index is 12.9. The smallest absolute Gasteiger partial charge is 0.255 e. The molecule has 1 aliphatic rings. The lowest BCUT2D eigenvalue weighted by Crippen LogP contribution is -2.28. The molecule has 0 bridgehead atoms. The first kappa shape index (κ1) is 20.9. The van der Waals surface area contributed by atoms with Crippen molar-refractivity contribution < 1.29 is 14.3 Å². The van der Waals surface area contributed by atoms with Gasteiger partial charge in [-0.15, -0.1) is 0 Å². The minimum absolute atomic E-state index is 0.0507. The van der Waals surface area contributed by atoms with Crippen LogP contribution in [0.3, 0.4) is 0 Å². The average molecular weight is 435 g/mol. The van der Waals surface area contributed by atoms with Crippen LogP contribution in [0.4, 0.5) is 5.69 Å². The minimum atomic E-state index is -0.301. The van der Waals surface area contributed by atoms with E-state index in [4.69, 9.17) is 16.3 Å². The summed E-state index contributed by atoms with van der Waals surface area (Å²) < 4.78 is 5.82. The van der Waals surface area contributed by atoms with E-state index >= 15 is 0 Å². The third-order valence-electron chi connectivity index (χ3n) is 5.25. The second-order valence-corrected chi connectivity index (χ2v) is 7.81. The van der Waals surface area contributed by atoms with Gasteiger partial charge in [-0.3, -0.25) is 9.59 Å². The number of hydrogen-bond acceptors (Lipinski definition) is 3. The van der Waals surface area contributed by atoms with Gasteiger partial charge in [0.15, 0.2) is 0 Å². The van der Waals surface area contributed by atoms with Crippen LogP contribution in [0.2, 0.25) is 5.02 Å². The molecule has 0 aromatic heterocycles. The van der Waals surface area contributed by atoms with Gasteiger partial charge in [0.2, 0.25) is 0 Å². The molecule has 0 spiro atoms. The number of amides is 2. The number of nitrogens with zero attached hydrogens (tertiary/aromatic N) is 1. The third-order valence-corrected chi connectivity index (χ3v) is 5.62. The number of nitrogens with one attached hydrogen (secondary N) is 1. The molecule has 1 aliphatic heterocycles. The number of rotatable bonds is 6. The highest BCUT2D eigenvalue weighted by molar-refractivity contribution is 6.31. The molecule has 6 heteroatoms. The Morgan fingerprint density at radius 3 is 2.48 bits per heavy atom. The number of hydrogen-bond donors (Lipinski definition) is 1. The molecule has 1 N–H and O–H groups in total. The van der Waals surface area contributed by atoms with Crippen LogP contribution in [0.5, 0.6) is 5.75 Å². The zero-order valence-corrected chi connectivity index (χ0v) is 17.8. The Labute approximate surface area is 186 Å². The van der Waals surface area contributed by atoms with Gasteiger partial charge in [0.25, 0.3) is 11.8 Å². The van der Waals surface area contributed by atoms with E-state index in [1.807, 2.05) is 35.2 Å². The molecule has 1 saturated heterocycles. The van der Waals surface area contributed by atoms with Crippen molar-refractivity contribution in [3.63, 3.8) is 0 Å². The van der Waals surface area contributed by atoms with Gasteiger partial charge < -0.3 is 15.0 Å². The normalized spacial score (nSPS) is 13.1. The lowest BCUT2D eigenvalue weighted by atomic mass is 10.1. The van der Waals surface area contributed by atoms with E-state index in [9.17, 15) is 9.59 Å². The fraction of sp³-hybridized carbons (Fsp3) is 0.200. The van der Waals surface area contributed by atoms with Gasteiger partial charge in [-0.1, -0.05) is 48.0 Å². The molecule has 3 aromatic carbocycles. The van der Waals surface area contributed by atoms with Gasteiger partial charge in [0.1, 0.15) is 12.4 Å². The number of para-hydroxylation sites is 1. The molecule has 0 radical (unpaired) electrons. The molecule has 5 nitrogen and oxygen atoms in total. The number of halogens is 1. The molecule has 31 heavy (non-hydrogen) atoms. The Hall–Kier alpha value is -3.31. The van der Waals surface area contributed by atoms with Gasteiger partial charge >= 0.3 is 0 Å². The third kappa shape index (κ3) is 5.06. The number of benzene rings is 3. The van der Waals surface area contributed by atoms with Crippen LogP contribution < -0.4 is 10.1 Å². The highest BCUT2D eigenvalue weighted by atomic mass is 35.5. The Kier molecular flexibility index (Phi) is 6.53. The van der Waals surface area contributed by atoms with E-state index in [0.717, 1.165) is 31.5 Å². The lowest BCUT2D eigenvalue weighted by Gasteiger charge is -2.18. The predicted molar refractivity (Wildman–Crippen MR) is 122 cm³/mol. The fourth-order valence-electron chi connectivity index (χ4n) is 3.57. The first-order valence-corrected chi connectivity index (χ1v) is 10.7. The summed E-state index contributed by atoms with van der Waals surface area (Å²) in [5.41, 5.74) is 2.32. The molecule has 1 fully saturated rings. The summed E-state index contributed by atoms with van der Waals surface area (Å²) in [5.74, 6) is 0.212. The molecule has 0 aliphatic carbocycles. The van der Waals surface area contributed by atoms with Crippen molar-refractivity contribution in [3.8, 4) is 5.75 Å². The maximum Gasteiger partial charge on any atom is 0.255 e. The number of likely N-dealkylation sites (tertiary alicyclic amines) is 1. The number of carbonyl (C=O) groups excluding carboxylic acids is 2. The fourth-order valence-corrected chi connectivity index (χ4v) is 3.76. The first-order chi connectivity index (χ1) is 15.1. The molecule has 4 rings (SSSR count). The second kappa shape index (κ2) is 9.67. The molecular weight excluding hydrogens is 412 g/mol. The van der Waals surface area contributed by atoms with E-state index in [-0.39, 0.29) is 11.8 Å². The van der Waals surface area contributed by atoms with Crippen molar-refractivity contribution in [2.24, 2.45) is 0 Å². The lowest BCUT2D eigenvalue weighted by molar-refractivity contribution is 0.0794. The van der Waals surface area contributed by atoms with Crippen LogP contribution in [-0.2, 0) is 6.61 Å². The summed E-state index contributed by atoms with van der Waals surface area (Å²) in [6.45, 7) is 1.82. The van der Waals surface area contributed by atoms with Gasteiger partial charge in [0.05, 0.1) is 11.3 Å². The van der Waals surface area contributed by atoms with Crippen LogP contribution >= 0.6 is 11.6 Å². The first-order valence-electron chi connectivity index (χ1n) is 10.3. The average Bonchev–Trinajstić information content (AvgIpc) is 3.34. The van der Waals surface area contributed by atoms with Crippen molar-refractivity contribution in [1.29, 1.82) is 0 Å². The number of ether oxygens (including phenoxy) is 1. The predicted octanol–water partition coefficient (Wildman–Crippen LogP) is 5.41. The van der Waals surface area contributed by atoms with E-state index in [0.29, 0.717) is 34.2 Å². The van der Waals surface area contributed by atoms with Crippen molar-refractivity contribution in [3.05, 3.63) is 94.5 Å². The molecule has 3 aromatic rings. The Balaban J connectivity index is 1.46. The van der Waals surface area contributed by atoms with Crippen molar-refractivity contribution in [2.75, 3.05) is 18.4 Å². The van der Waals surface area contributed by atoms with Gasteiger partial charge in [-0.25, -0.2) is 0 Å². The zero-order chi connectivity index (χ0) is 21.6. The topological polar surface area (TPSA) is 58.6 Å². The van der Waals surface area contributed by atoms with Crippen LogP contribution in [0.1, 0.15) is 39.1 Å². The summed E-state index contributed by atoms with van der Waals surface area (Å²) in [6, 6.07) is 21.5. The highest BCUT2D eigenvalue weighted by Gasteiger charge is 2.22. The summed E-state index contributed by atoms with van der Waals surface area (Å²) in [6.07, 6.45) is 2.03. The van der Waals surface area contributed by atoms with Crippen molar-refractivity contribution in [1.82, 2.24) is 4.90 Å². The summed E-state index contributed by atoms with van der Waals surface area (Å²) in [5, 5.41) is 3.51. The van der Waals surface area contributed by atoms with E-state index in [1.165, 1.54) is 0 Å². The number of anilines is 1. The molecule has 1 heterocycles. The Bertz CT molecular complexity index is 1090. The zero-order valence-electron chi connectivity index (χ0n) is 17.0.